The van der Waals surface area contributed by atoms with E-state index in [4.69, 9.17) is 4.74 Å². The molecule has 27 heavy (non-hydrogen) atoms. The van der Waals surface area contributed by atoms with Crippen LogP contribution in [0.2, 0.25) is 0 Å². The van der Waals surface area contributed by atoms with Crippen molar-refractivity contribution in [3.8, 4) is 11.6 Å². The Kier molecular flexibility index (Phi) is 4.90. The molecule has 1 aromatic heterocycles. The monoisotopic (exact) mass is 365 g/mol. The number of amides is 1. The Morgan fingerprint density at radius 3 is 2.48 bits per heavy atom. The SMILES string of the molecule is CC(=O)c1cccc(Oc2ccc(C(=O)NC3CN4CCC3CC4)cc2)n1. The van der Waals surface area contributed by atoms with Crippen molar-refractivity contribution in [1.82, 2.24) is 15.2 Å². The zero-order valence-electron chi connectivity index (χ0n) is 15.4. The largest absolute Gasteiger partial charge is 0.439 e. The number of aromatic nitrogens is 1. The molecule has 1 N–H and O–H groups in total. The van der Waals surface area contributed by atoms with Crippen molar-refractivity contribution in [2.45, 2.75) is 25.8 Å². The van der Waals surface area contributed by atoms with Crippen LogP contribution in [0.3, 0.4) is 0 Å². The minimum Gasteiger partial charge on any atom is -0.439 e. The fourth-order valence-corrected chi connectivity index (χ4v) is 3.84. The third kappa shape index (κ3) is 4.01. The highest BCUT2D eigenvalue weighted by Gasteiger charge is 2.34. The minimum absolute atomic E-state index is 0.0444. The molecule has 6 nitrogen and oxygen atoms in total. The van der Waals surface area contributed by atoms with Gasteiger partial charge in [-0.3, -0.25) is 9.59 Å². The number of nitrogens with one attached hydrogen (secondary N) is 1. The van der Waals surface area contributed by atoms with Gasteiger partial charge in [-0.1, -0.05) is 6.07 Å². The quantitative estimate of drug-likeness (QED) is 0.825. The topological polar surface area (TPSA) is 71.5 Å². The van der Waals surface area contributed by atoms with Crippen LogP contribution in [0.15, 0.2) is 42.5 Å². The van der Waals surface area contributed by atoms with Gasteiger partial charge < -0.3 is 15.0 Å². The number of Topliss-reactive ketones (excluding diaryl/α,β-unsaturated/α-hetero) is 1. The average Bonchev–Trinajstić information content (AvgIpc) is 2.69. The molecule has 1 aromatic carbocycles. The van der Waals surface area contributed by atoms with Crippen molar-refractivity contribution in [2.75, 3.05) is 19.6 Å². The van der Waals surface area contributed by atoms with E-state index in [-0.39, 0.29) is 17.7 Å². The van der Waals surface area contributed by atoms with Crippen LogP contribution < -0.4 is 10.1 Å². The van der Waals surface area contributed by atoms with Gasteiger partial charge >= 0.3 is 0 Å². The summed E-state index contributed by atoms with van der Waals surface area (Å²) in [5.74, 6) is 1.37. The molecule has 6 heteroatoms. The first kappa shape index (κ1) is 17.7. The van der Waals surface area contributed by atoms with Crippen LogP contribution in [0.5, 0.6) is 11.6 Å². The van der Waals surface area contributed by atoms with Crippen molar-refractivity contribution >= 4 is 11.7 Å². The van der Waals surface area contributed by atoms with Crippen molar-refractivity contribution < 1.29 is 14.3 Å². The molecule has 2 aromatic rings. The van der Waals surface area contributed by atoms with Crippen molar-refractivity contribution in [3.63, 3.8) is 0 Å². The Balaban J connectivity index is 1.39. The van der Waals surface area contributed by atoms with Crippen LogP contribution in [-0.2, 0) is 0 Å². The molecular formula is C21H23N3O3. The van der Waals surface area contributed by atoms with Gasteiger partial charge in [0.25, 0.3) is 5.91 Å². The Labute approximate surface area is 158 Å². The molecule has 0 spiro atoms. The number of ketones is 1. The van der Waals surface area contributed by atoms with Crippen LogP contribution >= 0.6 is 0 Å². The first-order valence-corrected chi connectivity index (χ1v) is 9.37. The van der Waals surface area contributed by atoms with Crippen molar-refractivity contribution in [3.05, 3.63) is 53.7 Å². The maximum Gasteiger partial charge on any atom is 0.251 e. The van der Waals surface area contributed by atoms with E-state index in [2.05, 4.69) is 15.2 Å². The molecular weight excluding hydrogens is 342 g/mol. The second kappa shape index (κ2) is 7.48. The van der Waals surface area contributed by atoms with E-state index in [9.17, 15) is 9.59 Å². The molecule has 0 radical (unpaired) electrons. The predicted octanol–water partition coefficient (Wildman–Crippen LogP) is 2.90. The molecule has 0 saturated carbocycles. The van der Waals surface area contributed by atoms with Gasteiger partial charge in [0, 0.05) is 31.1 Å². The number of carbonyl (C=O) groups excluding carboxylic acids is 2. The van der Waals surface area contributed by atoms with Gasteiger partial charge in [0.05, 0.1) is 0 Å². The molecule has 3 fully saturated rings. The number of nitrogens with zero attached hydrogens (tertiary/aromatic N) is 2. The number of fused-ring (bicyclic) bond motifs is 3. The van der Waals surface area contributed by atoms with Crippen LogP contribution in [0.4, 0.5) is 0 Å². The highest BCUT2D eigenvalue weighted by atomic mass is 16.5. The summed E-state index contributed by atoms with van der Waals surface area (Å²) in [7, 11) is 0. The summed E-state index contributed by atoms with van der Waals surface area (Å²) in [5.41, 5.74) is 0.977. The Morgan fingerprint density at radius 1 is 1.11 bits per heavy atom. The van der Waals surface area contributed by atoms with Gasteiger partial charge in [-0.05, 0) is 62.2 Å². The molecule has 140 valence electrons. The van der Waals surface area contributed by atoms with E-state index in [1.165, 1.54) is 19.8 Å². The Morgan fingerprint density at radius 2 is 1.85 bits per heavy atom. The fourth-order valence-electron chi connectivity index (χ4n) is 3.84. The summed E-state index contributed by atoms with van der Waals surface area (Å²) in [6.07, 6.45) is 2.34. The number of piperidine rings is 3. The number of carbonyl (C=O) groups is 2. The van der Waals surface area contributed by atoms with Gasteiger partial charge in [0.15, 0.2) is 5.78 Å². The number of rotatable bonds is 5. The highest BCUT2D eigenvalue weighted by Crippen LogP contribution is 2.28. The zero-order chi connectivity index (χ0) is 18.8. The molecule has 3 saturated heterocycles. The summed E-state index contributed by atoms with van der Waals surface area (Å²) < 4.78 is 5.69. The molecule has 3 aliphatic rings. The van der Waals surface area contributed by atoms with Crippen LogP contribution in [0.1, 0.15) is 40.6 Å². The number of benzene rings is 1. The standard InChI is InChI=1S/C21H23N3O3/c1-14(25)18-3-2-4-20(22-18)27-17-7-5-16(6-8-17)21(26)23-19-13-24-11-9-15(19)10-12-24/h2-8,15,19H,9-13H2,1H3,(H,23,26). The number of hydrogen-bond acceptors (Lipinski definition) is 5. The lowest BCUT2D eigenvalue weighted by atomic mass is 9.84. The van der Waals surface area contributed by atoms with Gasteiger partial charge in [-0.25, -0.2) is 4.98 Å². The first-order chi connectivity index (χ1) is 13.1. The normalized spacial score (nSPS) is 23.7. The zero-order valence-corrected chi connectivity index (χ0v) is 15.4. The average molecular weight is 365 g/mol. The van der Waals surface area contributed by atoms with Gasteiger partial charge in [0.1, 0.15) is 11.4 Å². The summed E-state index contributed by atoms with van der Waals surface area (Å²) >= 11 is 0. The minimum atomic E-state index is -0.111. The summed E-state index contributed by atoms with van der Waals surface area (Å²) in [5, 5.41) is 3.18. The lowest BCUT2D eigenvalue weighted by Gasteiger charge is -2.44. The molecule has 2 bridgehead atoms. The maximum atomic E-state index is 12.6. The third-order valence-electron chi connectivity index (χ3n) is 5.40. The van der Waals surface area contributed by atoms with Crippen LogP contribution in [0.25, 0.3) is 0 Å². The summed E-state index contributed by atoms with van der Waals surface area (Å²) in [4.78, 5) is 30.6. The molecule has 0 aliphatic carbocycles. The summed E-state index contributed by atoms with van der Waals surface area (Å²) in [6.45, 7) is 4.73. The Bertz CT molecular complexity index is 842. The molecule has 5 rings (SSSR count). The molecule has 3 aliphatic heterocycles. The third-order valence-corrected chi connectivity index (χ3v) is 5.40. The predicted molar refractivity (Wildman–Crippen MR) is 101 cm³/mol. The molecule has 1 amide bonds. The second-order valence-electron chi connectivity index (χ2n) is 7.26. The Hall–Kier alpha value is -2.73. The van der Waals surface area contributed by atoms with Gasteiger partial charge in [0.2, 0.25) is 5.88 Å². The first-order valence-electron chi connectivity index (χ1n) is 9.37. The smallest absolute Gasteiger partial charge is 0.251 e. The highest BCUT2D eigenvalue weighted by molar-refractivity contribution is 5.94. The van der Waals surface area contributed by atoms with Crippen LogP contribution in [0, 0.1) is 5.92 Å². The molecule has 1 atom stereocenters. The van der Waals surface area contributed by atoms with Crippen molar-refractivity contribution in [2.24, 2.45) is 5.92 Å². The lowest BCUT2D eigenvalue weighted by Crippen LogP contribution is -2.57. The van der Waals surface area contributed by atoms with Gasteiger partial charge in [-0.2, -0.15) is 0 Å². The fraction of sp³-hybridized carbons (Fsp3) is 0.381. The lowest BCUT2D eigenvalue weighted by molar-refractivity contribution is 0.0620. The van der Waals surface area contributed by atoms with E-state index in [0.717, 1.165) is 19.6 Å². The summed E-state index contributed by atoms with van der Waals surface area (Å²) in [6, 6.07) is 12.3. The second-order valence-corrected chi connectivity index (χ2v) is 7.26. The van der Waals surface area contributed by atoms with E-state index >= 15 is 0 Å². The number of ether oxygens (including phenoxy) is 1. The molecule has 1 unspecified atom stereocenters. The number of hydrogen-bond donors (Lipinski definition) is 1. The molecule has 4 heterocycles. The van der Waals surface area contributed by atoms with E-state index < -0.39 is 0 Å². The van der Waals surface area contributed by atoms with Crippen molar-refractivity contribution in [1.29, 1.82) is 0 Å². The van der Waals surface area contributed by atoms with Gasteiger partial charge in [-0.15, -0.1) is 0 Å². The maximum absolute atomic E-state index is 12.6. The van der Waals surface area contributed by atoms with E-state index in [1.54, 1.807) is 42.5 Å². The van der Waals surface area contributed by atoms with Crippen LogP contribution in [-0.4, -0.2) is 47.3 Å². The van der Waals surface area contributed by atoms with E-state index in [0.29, 0.717) is 28.8 Å². The number of pyridine rings is 1. The van der Waals surface area contributed by atoms with E-state index in [1.807, 2.05) is 0 Å².